The molecule has 0 unspecified atom stereocenters. The average molecular weight is 307 g/mol. The summed E-state index contributed by atoms with van der Waals surface area (Å²) >= 11 is 0. The van der Waals surface area contributed by atoms with Gasteiger partial charge in [-0.3, -0.25) is 0 Å². The van der Waals surface area contributed by atoms with E-state index < -0.39 is 10.0 Å². The summed E-state index contributed by atoms with van der Waals surface area (Å²) in [6, 6.07) is -0.0468. The molecule has 0 radical (unpaired) electrons. The Morgan fingerprint density at radius 2 is 2.11 bits per heavy atom. The molecule has 0 saturated carbocycles. The van der Waals surface area contributed by atoms with Crippen LogP contribution in [-0.4, -0.2) is 41.4 Å². The number of halogens is 1. The number of hydrogen-bond acceptors (Lipinski definition) is 4. The smallest absolute Gasteiger partial charge is 0.260 e. The minimum Gasteiger partial charge on any atom is -0.327 e. The van der Waals surface area contributed by atoms with Crippen molar-refractivity contribution >= 4 is 22.4 Å². The molecule has 0 aromatic carbocycles. The Morgan fingerprint density at radius 3 is 2.84 bits per heavy atom. The Hall–Kier alpha value is -0.630. The zero-order valence-electron chi connectivity index (χ0n) is 10.7. The van der Waals surface area contributed by atoms with Crippen molar-refractivity contribution in [2.75, 3.05) is 13.1 Å². The molecule has 0 bridgehead atoms. The molecule has 3 rings (SSSR count). The number of hydrogen-bond donors (Lipinski definition) is 1. The monoisotopic (exact) mass is 306 g/mol. The third-order valence-electron chi connectivity index (χ3n) is 3.71. The second-order valence-corrected chi connectivity index (χ2v) is 6.92. The van der Waals surface area contributed by atoms with Gasteiger partial charge in [0.15, 0.2) is 5.03 Å². The highest BCUT2D eigenvalue weighted by atomic mass is 35.5. The maximum atomic E-state index is 12.6. The van der Waals surface area contributed by atoms with Crippen molar-refractivity contribution in [3.8, 4) is 0 Å². The number of nitrogens with zero attached hydrogens (tertiary/aromatic N) is 3. The molecular weight excluding hydrogens is 288 g/mol. The van der Waals surface area contributed by atoms with Gasteiger partial charge in [0.2, 0.25) is 0 Å². The second-order valence-electron chi connectivity index (χ2n) is 5.03. The van der Waals surface area contributed by atoms with Gasteiger partial charge in [-0.2, -0.15) is 4.31 Å². The molecule has 0 amide bonds. The molecule has 19 heavy (non-hydrogen) atoms. The molecule has 1 aromatic rings. The first-order valence-corrected chi connectivity index (χ1v) is 7.83. The van der Waals surface area contributed by atoms with Gasteiger partial charge < -0.3 is 10.3 Å². The second kappa shape index (κ2) is 5.40. The average Bonchev–Trinajstić information content (AvgIpc) is 2.90. The molecule has 6 nitrogen and oxygen atoms in total. The molecule has 0 spiro atoms. The lowest BCUT2D eigenvalue weighted by Crippen LogP contribution is -2.46. The summed E-state index contributed by atoms with van der Waals surface area (Å²) in [5.74, 6) is 0.884. The molecule has 108 valence electrons. The van der Waals surface area contributed by atoms with Crippen LogP contribution in [-0.2, 0) is 23.0 Å². The van der Waals surface area contributed by atoms with Crippen molar-refractivity contribution in [1.82, 2.24) is 13.9 Å². The van der Waals surface area contributed by atoms with Crippen LogP contribution >= 0.6 is 12.4 Å². The largest absolute Gasteiger partial charge is 0.327 e. The molecule has 8 heteroatoms. The Bertz CT molecular complexity index is 557. The molecule has 1 aromatic heterocycles. The van der Waals surface area contributed by atoms with Crippen LogP contribution in [0, 0.1) is 0 Å². The normalized spacial score (nSPS) is 23.9. The van der Waals surface area contributed by atoms with E-state index in [0.717, 1.165) is 38.1 Å². The maximum absolute atomic E-state index is 12.6. The van der Waals surface area contributed by atoms with Crippen molar-refractivity contribution in [3.63, 3.8) is 0 Å². The number of imidazole rings is 1. The van der Waals surface area contributed by atoms with E-state index in [-0.39, 0.29) is 18.4 Å². The van der Waals surface area contributed by atoms with Gasteiger partial charge in [0.05, 0.1) is 6.20 Å². The zero-order valence-corrected chi connectivity index (χ0v) is 12.3. The van der Waals surface area contributed by atoms with Gasteiger partial charge in [-0.15, -0.1) is 12.4 Å². The highest BCUT2D eigenvalue weighted by Gasteiger charge is 2.33. The van der Waals surface area contributed by atoms with Crippen LogP contribution in [0.2, 0.25) is 0 Å². The van der Waals surface area contributed by atoms with Crippen LogP contribution in [0.25, 0.3) is 0 Å². The summed E-state index contributed by atoms with van der Waals surface area (Å²) in [6.07, 6.45) is 5.07. The van der Waals surface area contributed by atoms with Crippen molar-refractivity contribution < 1.29 is 8.42 Å². The van der Waals surface area contributed by atoms with E-state index in [4.69, 9.17) is 5.73 Å². The lowest BCUT2D eigenvalue weighted by atomic mass is 10.1. The summed E-state index contributed by atoms with van der Waals surface area (Å²) < 4.78 is 28.5. The van der Waals surface area contributed by atoms with Crippen LogP contribution in [0.4, 0.5) is 0 Å². The minimum absolute atomic E-state index is 0. The van der Waals surface area contributed by atoms with Crippen LogP contribution in [0.1, 0.15) is 25.1 Å². The van der Waals surface area contributed by atoms with Crippen molar-refractivity contribution in [2.45, 2.75) is 43.3 Å². The maximum Gasteiger partial charge on any atom is 0.260 e. The van der Waals surface area contributed by atoms with Gasteiger partial charge in [0.1, 0.15) is 5.82 Å². The third kappa shape index (κ3) is 2.52. The van der Waals surface area contributed by atoms with Crippen LogP contribution in [0.3, 0.4) is 0 Å². The summed E-state index contributed by atoms with van der Waals surface area (Å²) in [5.41, 5.74) is 5.86. The zero-order chi connectivity index (χ0) is 12.8. The highest BCUT2D eigenvalue weighted by molar-refractivity contribution is 7.89. The van der Waals surface area contributed by atoms with Crippen molar-refractivity contribution in [3.05, 3.63) is 12.0 Å². The Kier molecular flexibility index (Phi) is 4.20. The first-order valence-electron chi connectivity index (χ1n) is 6.39. The Morgan fingerprint density at radius 1 is 1.32 bits per heavy atom. The molecular formula is C11H19ClN4O2S. The summed E-state index contributed by atoms with van der Waals surface area (Å²) in [5, 5.41) is 0.337. The lowest BCUT2D eigenvalue weighted by Gasteiger charge is -2.29. The third-order valence-corrected chi connectivity index (χ3v) is 5.57. The number of fused-ring (bicyclic) bond motifs is 1. The number of aromatic nitrogens is 2. The molecule has 2 aliphatic heterocycles. The molecule has 0 aliphatic carbocycles. The van der Waals surface area contributed by atoms with Crippen molar-refractivity contribution in [1.29, 1.82) is 0 Å². The van der Waals surface area contributed by atoms with Crippen LogP contribution in [0.5, 0.6) is 0 Å². The van der Waals surface area contributed by atoms with E-state index in [0.29, 0.717) is 18.1 Å². The van der Waals surface area contributed by atoms with Gasteiger partial charge in [0, 0.05) is 32.1 Å². The summed E-state index contributed by atoms with van der Waals surface area (Å²) in [7, 11) is -3.42. The Balaban J connectivity index is 0.00000133. The van der Waals surface area contributed by atoms with Crippen LogP contribution in [0.15, 0.2) is 11.2 Å². The van der Waals surface area contributed by atoms with E-state index in [1.165, 1.54) is 10.5 Å². The van der Waals surface area contributed by atoms with Gasteiger partial charge in [-0.1, -0.05) is 0 Å². The number of piperidine rings is 1. The fraction of sp³-hybridized carbons (Fsp3) is 0.727. The predicted molar refractivity (Wildman–Crippen MR) is 73.8 cm³/mol. The van der Waals surface area contributed by atoms with Gasteiger partial charge in [-0.05, 0) is 19.3 Å². The molecule has 2 aliphatic rings. The van der Waals surface area contributed by atoms with E-state index >= 15 is 0 Å². The number of nitrogens with two attached hydrogens (primary N) is 1. The molecule has 1 saturated heterocycles. The molecule has 3 heterocycles. The Labute approximate surface area is 119 Å². The van der Waals surface area contributed by atoms with E-state index in [1.54, 1.807) is 0 Å². The molecule has 1 atom stereocenters. The first-order chi connectivity index (χ1) is 8.59. The van der Waals surface area contributed by atoms with Crippen LogP contribution < -0.4 is 5.73 Å². The van der Waals surface area contributed by atoms with E-state index in [9.17, 15) is 8.42 Å². The number of sulfonamides is 1. The SMILES string of the molecule is Cl.N[C@@H]1CCCN(S(=O)(=O)c2cnc3n2CCC3)C1. The number of aryl methyl sites for hydroxylation is 1. The van der Waals surface area contributed by atoms with Gasteiger partial charge >= 0.3 is 0 Å². The lowest BCUT2D eigenvalue weighted by molar-refractivity contribution is 0.314. The molecule has 1 fully saturated rings. The quantitative estimate of drug-likeness (QED) is 0.855. The fourth-order valence-electron chi connectivity index (χ4n) is 2.76. The first kappa shape index (κ1) is 14.8. The number of rotatable bonds is 2. The minimum atomic E-state index is -3.42. The predicted octanol–water partition coefficient (Wildman–Crippen LogP) is 0.363. The van der Waals surface area contributed by atoms with E-state index in [2.05, 4.69) is 4.98 Å². The van der Waals surface area contributed by atoms with Gasteiger partial charge in [0.25, 0.3) is 10.0 Å². The highest BCUT2D eigenvalue weighted by Crippen LogP contribution is 2.24. The van der Waals surface area contributed by atoms with E-state index in [1.807, 2.05) is 4.57 Å². The van der Waals surface area contributed by atoms with Crippen molar-refractivity contribution in [2.24, 2.45) is 5.73 Å². The van der Waals surface area contributed by atoms with Gasteiger partial charge in [-0.25, -0.2) is 13.4 Å². The fourth-order valence-corrected chi connectivity index (χ4v) is 4.44. The topological polar surface area (TPSA) is 81.2 Å². The molecule has 2 N–H and O–H groups in total. The summed E-state index contributed by atoms with van der Waals surface area (Å²) in [4.78, 5) is 4.20. The summed E-state index contributed by atoms with van der Waals surface area (Å²) in [6.45, 7) is 1.74. The standard InChI is InChI=1S/C11H18N4O2S.ClH/c12-9-3-1-5-14(8-9)18(16,17)11-7-13-10-4-2-6-15(10)11;/h7,9H,1-6,8,12H2;1H/t9-;/m1./s1.